The molecule has 1 N–H and O–H groups in total. The number of sulfonamides is 1. The Labute approximate surface area is 202 Å². The Hall–Kier alpha value is -3.73. The van der Waals surface area contributed by atoms with Crippen molar-refractivity contribution in [2.75, 3.05) is 21.0 Å². The van der Waals surface area contributed by atoms with Crippen molar-refractivity contribution >= 4 is 20.9 Å². The number of rotatable bonds is 10. The molecule has 4 rings (SSSR count). The van der Waals surface area contributed by atoms with E-state index < -0.39 is 15.8 Å². The highest BCUT2D eigenvalue weighted by atomic mass is 32.2. The Morgan fingerprint density at radius 2 is 1.63 bits per heavy atom. The summed E-state index contributed by atoms with van der Waals surface area (Å²) < 4.78 is 63.9. The van der Waals surface area contributed by atoms with Crippen molar-refractivity contribution in [2.45, 2.75) is 11.5 Å². The molecule has 182 valence electrons. The van der Waals surface area contributed by atoms with Gasteiger partial charge < -0.3 is 18.9 Å². The zero-order valence-electron chi connectivity index (χ0n) is 19.0. The fourth-order valence-corrected chi connectivity index (χ4v) is 4.24. The zero-order valence-corrected chi connectivity index (χ0v) is 19.8. The van der Waals surface area contributed by atoms with Crippen LogP contribution in [0, 0.1) is 5.82 Å². The van der Waals surface area contributed by atoms with Crippen molar-refractivity contribution in [3.8, 4) is 23.0 Å². The van der Waals surface area contributed by atoms with Gasteiger partial charge in [0.2, 0.25) is 10.0 Å². The number of ether oxygens (including phenoxy) is 4. The van der Waals surface area contributed by atoms with Gasteiger partial charge in [-0.1, -0.05) is 30.3 Å². The lowest BCUT2D eigenvalue weighted by Gasteiger charge is -2.13. The number of methoxy groups -OCH3 is 2. The summed E-state index contributed by atoms with van der Waals surface area (Å²) in [5, 5.41) is 0.568. The maximum atomic E-state index is 14.8. The Morgan fingerprint density at radius 1 is 0.886 bits per heavy atom. The molecule has 0 atom stereocenters. The van der Waals surface area contributed by atoms with E-state index in [0.29, 0.717) is 28.2 Å². The Bertz CT molecular complexity index is 1430. The number of hydrogen-bond donors (Lipinski definition) is 1. The van der Waals surface area contributed by atoms with Gasteiger partial charge in [0.25, 0.3) is 0 Å². The monoisotopic (exact) mass is 498 g/mol. The van der Waals surface area contributed by atoms with Crippen molar-refractivity contribution in [2.24, 2.45) is 0 Å². The molecule has 3 aromatic carbocycles. The number of nitrogens with one attached hydrogen (secondary N) is 1. The third-order valence-electron chi connectivity index (χ3n) is 5.10. The molecule has 1 heterocycles. The first-order valence-electron chi connectivity index (χ1n) is 10.5. The smallest absolute Gasteiger partial charge is 0.242 e. The molecule has 10 heteroatoms. The predicted molar refractivity (Wildman–Crippen MR) is 128 cm³/mol. The minimum atomic E-state index is -3.99. The summed E-state index contributed by atoms with van der Waals surface area (Å²) in [5.41, 5.74) is 1.46. The highest BCUT2D eigenvalue weighted by Crippen LogP contribution is 2.37. The van der Waals surface area contributed by atoms with E-state index >= 15 is 0 Å². The van der Waals surface area contributed by atoms with Crippen LogP contribution in [0.2, 0.25) is 0 Å². The molecule has 0 bridgehead atoms. The Morgan fingerprint density at radius 3 is 2.34 bits per heavy atom. The molecule has 0 aliphatic rings. The van der Waals surface area contributed by atoms with E-state index in [0.717, 1.165) is 11.6 Å². The van der Waals surface area contributed by atoms with Gasteiger partial charge in [-0.15, -0.1) is 0 Å². The number of hydrogen-bond acceptors (Lipinski definition) is 7. The summed E-state index contributed by atoms with van der Waals surface area (Å²) in [6.45, 7) is -0.0214. The number of aromatic nitrogens is 1. The number of fused-ring (bicyclic) bond motifs is 1. The van der Waals surface area contributed by atoms with Crippen molar-refractivity contribution in [1.29, 1.82) is 0 Å². The third-order valence-corrected chi connectivity index (χ3v) is 6.48. The van der Waals surface area contributed by atoms with Gasteiger partial charge >= 0.3 is 0 Å². The highest BCUT2D eigenvalue weighted by molar-refractivity contribution is 7.89. The summed E-state index contributed by atoms with van der Waals surface area (Å²) in [7, 11) is -0.976. The molecule has 0 radical (unpaired) electrons. The minimum absolute atomic E-state index is 0.147. The number of nitrogens with zero attached hydrogens (tertiary/aromatic N) is 1. The van der Waals surface area contributed by atoms with E-state index in [4.69, 9.17) is 18.9 Å². The third kappa shape index (κ3) is 5.68. The fraction of sp³-hybridized carbons (Fsp3) is 0.160. The largest absolute Gasteiger partial charge is 0.493 e. The first-order valence-corrected chi connectivity index (χ1v) is 12.0. The molecular formula is C25H23FN2O6S. The summed E-state index contributed by atoms with van der Waals surface area (Å²) in [6.07, 6.45) is 1.51. The molecule has 4 aromatic rings. The van der Waals surface area contributed by atoms with Crippen LogP contribution in [0.5, 0.6) is 23.0 Å². The normalized spacial score (nSPS) is 11.4. The van der Waals surface area contributed by atoms with E-state index in [1.54, 1.807) is 18.2 Å². The van der Waals surface area contributed by atoms with Gasteiger partial charge in [-0.05, 0) is 35.9 Å². The second kappa shape index (κ2) is 10.7. The molecule has 0 aliphatic carbocycles. The number of pyridine rings is 1. The van der Waals surface area contributed by atoms with Crippen molar-refractivity contribution < 1.29 is 31.8 Å². The summed E-state index contributed by atoms with van der Waals surface area (Å²) >= 11 is 0. The van der Waals surface area contributed by atoms with Crippen LogP contribution in [-0.2, 0) is 21.4 Å². The molecule has 8 nitrogen and oxygen atoms in total. The zero-order chi connectivity index (χ0) is 24.8. The molecule has 1 aromatic heterocycles. The molecule has 35 heavy (non-hydrogen) atoms. The van der Waals surface area contributed by atoms with E-state index in [2.05, 4.69) is 9.71 Å². The standard InChI is InChI=1S/C25H23FN2O6S/c1-31-24-13-19-21(14-25(24)32-2)27-11-10-22(19)34-23-9-8-18(12-20(23)26)35(29,30)28-16-33-15-17-6-4-3-5-7-17/h3-14,28H,15-16H2,1-2H3. The average molecular weight is 499 g/mol. The van der Waals surface area contributed by atoms with Crippen molar-refractivity contribution in [3.05, 3.63) is 84.3 Å². The summed E-state index contributed by atoms with van der Waals surface area (Å²) in [4.78, 5) is 4.03. The van der Waals surface area contributed by atoms with Gasteiger partial charge in [0.15, 0.2) is 23.1 Å². The van der Waals surface area contributed by atoms with Gasteiger partial charge in [-0.3, -0.25) is 4.98 Å². The Balaban J connectivity index is 1.48. The van der Waals surface area contributed by atoms with Crippen LogP contribution >= 0.6 is 0 Å². The van der Waals surface area contributed by atoms with Gasteiger partial charge in [0.1, 0.15) is 12.5 Å². The van der Waals surface area contributed by atoms with E-state index in [9.17, 15) is 12.8 Å². The Kier molecular flexibility index (Phi) is 7.45. The fourth-order valence-electron chi connectivity index (χ4n) is 3.33. The number of halogens is 1. The quantitative estimate of drug-likeness (QED) is 0.251. The van der Waals surface area contributed by atoms with E-state index in [1.807, 2.05) is 30.3 Å². The maximum Gasteiger partial charge on any atom is 0.242 e. The topological polar surface area (TPSA) is 96.0 Å². The molecule has 0 aliphatic heterocycles. The lowest BCUT2D eigenvalue weighted by Crippen LogP contribution is -2.26. The van der Waals surface area contributed by atoms with E-state index in [-0.39, 0.29) is 24.0 Å². The highest BCUT2D eigenvalue weighted by Gasteiger charge is 2.18. The maximum absolute atomic E-state index is 14.8. The van der Waals surface area contributed by atoms with Crippen LogP contribution in [0.3, 0.4) is 0 Å². The molecule has 0 fully saturated rings. The van der Waals surface area contributed by atoms with Crippen LogP contribution in [0.25, 0.3) is 10.9 Å². The average Bonchev–Trinajstić information content (AvgIpc) is 2.87. The van der Waals surface area contributed by atoms with Crippen LogP contribution in [-0.4, -0.2) is 34.4 Å². The summed E-state index contributed by atoms with van der Waals surface area (Å²) in [6, 6.07) is 17.6. The minimum Gasteiger partial charge on any atom is -0.493 e. The van der Waals surface area contributed by atoms with Crippen LogP contribution in [0.4, 0.5) is 4.39 Å². The van der Waals surface area contributed by atoms with Gasteiger partial charge in [0.05, 0.1) is 31.2 Å². The first-order chi connectivity index (χ1) is 16.9. The number of benzene rings is 3. The second-order valence-corrected chi connectivity index (χ2v) is 9.12. The second-order valence-electron chi connectivity index (χ2n) is 7.35. The summed E-state index contributed by atoms with van der Waals surface area (Å²) in [5.74, 6) is 0.277. The first kappa shape index (κ1) is 24.4. The van der Waals surface area contributed by atoms with Crippen LogP contribution in [0.1, 0.15) is 5.56 Å². The lowest BCUT2D eigenvalue weighted by atomic mass is 10.2. The molecule has 0 unspecified atom stereocenters. The van der Waals surface area contributed by atoms with Gasteiger partial charge in [0, 0.05) is 17.6 Å². The van der Waals surface area contributed by atoms with Gasteiger partial charge in [-0.2, -0.15) is 4.72 Å². The molecule has 0 saturated carbocycles. The van der Waals surface area contributed by atoms with Crippen molar-refractivity contribution in [1.82, 2.24) is 9.71 Å². The molecule has 0 spiro atoms. The SMILES string of the molecule is COc1cc2nccc(Oc3ccc(S(=O)(=O)NCOCc4ccccc4)cc3F)c2cc1OC. The van der Waals surface area contributed by atoms with E-state index in [1.165, 1.54) is 32.5 Å². The van der Waals surface area contributed by atoms with Crippen LogP contribution in [0.15, 0.2) is 77.8 Å². The molecule has 0 amide bonds. The van der Waals surface area contributed by atoms with Gasteiger partial charge in [-0.25, -0.2) is 12.8 Å². The molecule has 0 saturated heterocycles. The molecular weight excluding hydrogens is 475 g/mol. The lowest BCUT2D eigenvalue weighted by molar-refractivity contribution is 0.117. The predicted octanol–water partition coefficient (Wildman–Crippen LogP) is 4.64. The van der Waals surface area contributed by atoms with Crippen LogP contribution < -0.4 is 18.9 Å². The van der Waals surface area contributed by atoms with Crippen molar-refractivity contribution in [3.63, 3.8) is 0 Å².